The molecule has 2 aromatic carbocycles. The highest BCUT2D eigenvalue weighted by Gasteiger charge is 2.30. The molecule has 3 rings (SSSR count). The lowest BCUT2D eigenvalue weighted by molar-refractivity contribution is -0.386. The van der Waals surface area contributed by atoms with E-state index >= 15 is 0 Å². The summed E-state index contributed by atoms with van der Waals surface area (Å²) in [6.45, 7) is 2.43. The van der Waals surface area contributed by atoms with Gasteiger partial charge in [-0.2, -0.15) is 4.31 Å². The van der Waals surface area contributed by atoms with Crippen LogP contribution in [-0.4, -0.2) is 43.1 Å². The number of sulfonamides is 1. The first kappa shape index (κ1) is 20.9. The molecule has 154 valence electrons. The van der Waals surface area contributed by atoms with Crippen LogP contribution < -0.4 is 4.74 Å². The van der Waals surface area contributed by atoms with Gasteiger partial charge in [0.25, 0.3) is 0 Å². The minimum absolute atomic E-state index is 0.145. The van der Waals surface area contributed by atoms with Crippen molar-refractivity contribution in [2.24, 2.45) is 0 Å². The summed E-state index contributed by atoms with van der Waals surface area (Å²) in [6.07, 6.45) is 2.39. The molecule has 0 spiro atoms. The van der Waals surface area contributed by atoms with E-state index in [4.69, 9.17) is 4.74 Å². The summed E-state index contributed by atoms with van der Waals surface area (Å²) in [4.78, 5) is 22.9. The van der Waals surface area contributed by atoms with E-state index in [0.29, 0.717) is 18.7 Å². The fraction of sp³-hybridized carbons (Fsp3) is 0.350. The van der Waals surface area contributed by atoms with Crippen LogP contribution >= 0.6 is 0 Å². The zero-order chi connectivity index (χ0) is 21.0. The number of nitro groups is 1. The predicted octanol–water partition coefficient (Wildman–Crippen LogP) is 3.20. The molecule has 1 fully saturated rings. The lowest BCUT2D eigenvalue weighted by atomic mass is 10.1. The third kappa shape index (κ3) is 4.63. The third-order valence-corrected chi connectivity index (χ3v) is 6.77. The second-order valence-corrected chi connectivity index (χ2v) is 8.70. The van der Waals surface area contributed by atoms with Gasteiger partial charge in [-0.25, -0.2) is 8.42 Å². The summed E-state index contributed by atoms with van der Waals surface area (Å²) in [5, 5.41) is 11.4. The van der Waals surface area contributed by atoms with Crippen molar-refractivity contribution in [3.63, 3.8) is 0 Å². The Hall–Kier alpha value is -2.78. The molecule has 0 saturated carbocycles. The van der Waals surface area contributed by atoms with E-state index < -0.39 is 20.6 Å². The summed E-state index contributed by atoms with van der Waals surface area (Å²) < 4.78 is 31.9. The summed E-state index contributed by atoms with van der Waals surface area (Å²) >= 11 is 0. The molecule has 0 bridgehead atoms. The van der Waals surface area contributed by atoms with Crippen molar-refractivity contribution in [1.82, 2.24) is 4.31 Å². The van der Waals surface area contributed by atoms with Crippen LogP contribution in [0.4, 0.5) is 5.69 Å². The van der Waals surface area contributed by atoms with E-state index in [0.717, 1.165) is 30.9 Å². The number of aryl methyl sites for hydroxylation is 1. The Labute approximate surface area is 169 Å². The maximum Gasteiger partial charge on any atom is 0.312 e. The van der Waals surface area contributed by atoms with Crippen molar-refractivity contribution >= 4 is 21.5 Å². The lowest BCUT2D eigenvalue weighted by Crippen LogP contribution is -2.27. The molecule has 0 unspecified atom stereocenters. The first-order valence-corrected chi connectivity index (χ1v) is 10.8. The smallest absolute Gasteiger partial charge is 0.312 e. The van der Waals surface area contributed by atoms with Crippen LogP contribution in [-0.2, 0) is 16.4 Å². The fourth-order valence-corrected chi connectivity index (χ4v) is 4.69. The summed E-state index contributed by atoms with van der Waals surface area (Å²) in [5.41, 5.74) is 1.05. The number of nitro benzene ring substituents is 1. The Morgan fingerprint density at radius 1 is 1.14 bits per heavy atom. The number of ether oxygens (including phenoxy) is 1. The van der Waals surface area contributed by atoms with E-state index in [2.05, 4.69) is 0 Å². The van der Waals surface area contributed by atoms with Gasteiger partial charge in [0.1, 0.15) is 0 Å². The summed E-state index contributed by atoms with van der Waals surface area (Å²) in [6, 6.07) is 10.5. The number of benzene rings is 2. The van der Waals surface area contributed by atoms with Crippen LogP contribution in [0.5, 0.6) is 5.75 Å². The van der Waals surface area contributed by atoms with E-state index in [9.17, 15) is 23.3 Å². The number of hydrogen-bond donors (Lipinski definition) is 0. The minimum atomic E-state index is -3.79. The van der Waals surface area contributed by atoms with Crippen LogP contribution in [0.2, 0.25) is 0 Å². The average molecular weight is 418 g/mol. The van der Waals surface area contributed by atoms with Gasteiger partial charge in [0.05, 0.1) is 9.82 Å². The monoisotopic (exact) mass is 418 g/mol. The largest absolute Gasteiger partial charge is 0.478 e. The van der Waals surface area contributed by atoms with Crippen molar-refractivity contribution < 1.29 is 22.9 Å². The van der Waals surface area contributed by atoms with Gasteiger partial charge in [-0.15, -0.1) is 0 Å². The number of carbonyl (C=O) groups is 1. The maximum absolute atomic E-state index is 12.6. The molecular weight excluding hydrogens is 396 g/mol. The second kappa shape index (κ2) is 8.71. The third-order valence-electron chi connectivity index (χ3n) is 4.87. The van der Waals surface area contributed by atoms with Crippen LogP contribution in [0, 0.1) is 10.1 Å². The van der Waals surface area contributed by atoms with E-state index in [-0.39, 0.29) is 23.0 Å². The Balaban J connectivity index is 1.78. The predicted molar refractivity (Wildman–Crippen MR) is 107 cm³/mol. The number of hydrogen-bond acceptors (Lipinski definition) is 6. The highest BCUT2D eigenvalue weighted by Crippen LogP contribution is 2.32. The molecule has 2 aromatic rings. The topological polar surface area (TPSA) is 107 Å². The van der Waals surface area contributed by atoms with Crippen molar-refractivity contribution in [2.45, 2.75) is 31.1 Å². The molecule has 1 saturated heterocycles. The second-order valence-electron chi connectivity index (χ2n) is 6.76. The molecule has 8 nitrogen and oxygen atoms in total. The van der Waals surface area contributed by atoms with E-state index in [1.807, 2.05) is 19.1 Å². The highest BCUT2D eigenvalue weighted by molar-refractivity contribution is 7.89. The molecule has 1 heterocycles. The van der Waals surface area contributed by atoms with E-state index in [1.165, 1.54) is 16.4 Å². The molecule has 0 aromatic heterocycles. The molecule has 0 N–H and O–H groups in total. The van der Waals surface area contributed by atoms with Gasteiger partial charge in [0, 0.05) is 24.7 Å². The van der Waals surface area contributed by atoms with Gasteiger partial charge in [-0.05, 0) is 37.0 Å². The van der Waals surface area contributed by atoms with Crippen molar-refractivity contribution in [1.29, 1.82) is 0 Å². The Bertz CT molecular complexity index is 1010. The molecule has 29 heavy (non-hydrogen) atoms. The first-order chi connectivity index (χ1) is 13.8. The molecule has 1 aliphatic heterocycles. The van der Waals surface area contributed by atoms with Gasteiger partial charge < -0.3 is 4.74 Å². The van der Waals surface area contributed by atoms with Crippen LogP contribution in [0.15, 0.2) is 47.4 Å². The van der Waals surface area contributed by atoms with Crippen LogP contribution in [0.3, 0.4) is 0 Å². The van der Waals surface area contributed by atoms with Crippen LogP contribution in [0.1, 0.15) is 35.7 Å². The van der Waals surface area contributed by atoms with Crippen molar-refractivity contribution in [3.05, 3.63) is 63.7 Å². The molecule has 0 atom stereocenters. The summed E-state index contributed by atoms with van der Waals surface area (Å²) in [5.74, 6) is -0.468. The van der Waals surface area contributed by atoms with E-state index in [1.54, 1.807) is 12.1 Å². The molecule has 0 aliphatic carbocycles. The van der Waals surface area contributed by atoms with Gasteiger partial charge in [-0.3, -0.25) is 14.9 Å². The Morgan fingerprint density at radius 2 is 1.79 bits per heavy atom. The van der Waals surface area contributed by atoms with Gasteiger partial charge in [0.2, 0.25) is 10.0 Å². The van der Waals surface area contributed by atoms with Gasteiger partial charge in [-0.1, -0.05) is 31.2 Å². The Morgan fingerprint density at radius 3 is 2.38 bits per heavy atom. The van der Waals surface area contributed by atoms with Crippen LogP contribution in [0.25, 0.3) is 0 Å². The highest BCUT2D eigenvalue weighted by atomic mass is 32.2. The van der Waals surface area contributed by atoms with Gasteiger partial charge in [0.15, 0.2) is 18.1 Å². The molecule has 1 aliphatic rings. The number of nitrogens with zero attached hydrogens (tertiary/aromatic N) is 2. The fourth-order valence-electron chi connectivity index (χ4n) is 3.15. The van der Waals surface area contributed by atoms with Crippen molar-refractivity contribution in [2.75, 3.05) is 19.7 Å². The lowest BCUT2D eigenvalue weighted by Gasteiger charge is -2.15. The minimum Gasteiger partial charge on any atom is -0.478 e. The SMILES string of the molecule is CCc1ccc(C(=O)COc2ccc(S(=O)(=O)N3CCCC3)cc2[N+](=O)[O-])cc1. The number of ketones is 1. The standard InChI is InChI=1S/C20H22N2O6S/c1-2-15-5-7-16(8-6-15)19(23)14-28-20-10-9-17(13-18(20)22(24)25)29(26,27)21-11-3-4-12-21/h5-10,13H,2-4,11-12,14H2,1H3. The normalized spacial score (nSPS) is 14.7. The Kier molecular flexibility index (Phi) is 6.29. The number of Topliss-reactive ketones (excluding diaryl/α,β-unsaturated/α-hetero) is 1. The quantitative estimate of drug-likeness (QED) is 0.370. The van der Waals surface area contributed by atoms with Gasteiger partial charge >= 0.3 is 5.69 Å². The zero-order valence-corrected chi connectivity index (χ0v) is 16.9. The number of rotatable bonds is 8. The van der Waals surface area contributed by atoms with Crippen molar-refractivity contribution in [3.8, 4) is 5.75 Å². The maximum atomic E-state index is 12.6. The first-order valence-electron chi connectivity index (χ1n) is 9.36. The molecule has 0 radical (unpaired) electrons. The zero-order valence-electron chi connectivity index (χ0n) is 16.0. The molecule has 9 heteroatoms. The molecular formula is C20H22N2O6S. The summed E-state index contributed by atoms with van der Waals surface area (Å²) in [7, 11) is -3.79. The average Bonchev–Trinajstić information content (AvgIpc) is 3.27. The molecule has 0 amide bonds. The number of carbonyl (C=O) groups excluding carboxylic acids is 1.